The van der Waals surface area contributed by atoms with Gasteiger partial charge in [0.1, 0.15) is 5.15 Å². The van der Waals surface area contributed by atoms with Crippen LogP contribution in [0.15, 0.2) is 12.1 Å². The Labute approximate surface area is 132 Å². The molecule has 21 heavy (non-hydrogen) atoms. The first-order valence-electron chi connectivity index (χ1n) is 7.71. The van der Waals surface area contributed by atoms with E-state index in [0.29, 0.717) is 22.0 Å². The Balaban J connectivity index is 2.10. The lowest BCUT2D eigenvalue weighted by molar-refractivity contribution is 0.0755. The zero-order valence-electron chi connectivity index (χ0n) is 13.4. The van der Waals surface area contributed by atoms with E-state index in [2.05, 4.69) is 25.8 Å². The molecule has 3 nitrogen and oxygen atoms in total. The second kappa shape index (κ2) is 6.35. The highest BCUT2D eigenvalue weighted by molar-refractivity contribution is 6.29. The van der Waals surface area contributed by atoms with Gasteiger partial charge in [-0.2, -0.15) is 0 Å². The van der Waals surface area contributed by atoms with Gasteiger partial charge in [-0.1, -0.05) is 32.4 Å². The lowest BCUT2D eigenvalue weighted by Crippen LogP contribution is -2.32. The first-order valence-corrected chi connectivity index (χ1v) is 8.08. The molecule has 0 aliphatic carbocycles. The molecule has 2 rings (SSSR count). The fraction of sp³-hybridized carbons (Fsp3) is 0.647. The second-order valence-electron chi connectivity index (χ2n) is 7.11. The highest BCUT2D eigenvalue weighted by Crippen LogP contribution is 2.34. The maximum absolute atomic E-state index is 12.7. The van der Waals surface area contributed by atoms with Crippen molar-refractivity contribution >= 4 is 17.5 Å². The summed E-state index contributed by atoms with van der Waals surface area (Å²) >= 11 is 5.97. The number of carbonyl (C=O) groups excluding carboxylic acids is 1. The molecule has 0 bridgehead atoms. The largest absolute Gasteiger partial charge is 0.339 e. The van der Waals surface area contributed by atoms with Gasteiger partial charge in [0, 0.05) is 24.3 Å². The van der Waals surface area contributed by atoms with Gasteiger partial charge in [0.25, 0.3) is 5.91 Å². The Bertz CT molecular complexity index is 502. The van der Waals surface area contributed by atoms with Gasteiger partial charge in [0.05, 0.1) is 0 Å². The van der Waals surface area contributed by atoms with Crippen LogP contribution in [0.2, 0.25) is 5.15 Å². The topological polar surface area (TPSA) is 33.2 Å². The summed E-state index contributed by atoms with van der Waals surface area (Å²) in [4.78, 5) is 18.7. The van der Waals surface area contributed by atoms with E-state index in [-0.39, 0.29) is 5.91 Å². The third kappa shape index (κ3) is 4.19. The molecule has 1 aromatic heterocycles. The number of pyridine rings is 1. The first-order chi connectivity index (χ1) is 9.77. The quantitative estimate of drug-likeness (QED) is 0.723. The molecule has 0 spiro atoms. The maximum Gasteiger partial charge on any atom is 0.254 e. The molecule has 2 heterocycles. The Morgan fingerprint density at radius 3 is 2.62 bits per heavy atom. The molecule has 1 aliphatic rings. The number of rotatable bonds is 1. The van der Waals surface area contributed by atoms with Crippen LogP contribution in [0.25, 0.3) is 0 Å². The molecule has 0 radical (unpaired) electrons. The zero-order chi connectivity index (χ0) is 15.6. The predicted octanol–water partition coefficient (Wildman–Crippen LogP) is 4.33. The van der Waals surface area contributed by atoms with E-state index >= 15 is 0 Å². The summed E-state index contributed by atoms with van der Waals surface area (Å²) in [6.07, 6.45) is 3.35. The van der Waals surface area contributed by atoms with Gasteiger partial charge < -0.3 is 4.90 Å². The van der Waals surface area contributed by atoms with E-state index in [0.717, 1.165) is 31.6 Å². The molecule has 0 aromatic carbocycles. The standard InChI is InChI=1S/C17H25ClN2O/c1-12-10-13(11-15(18)19-12)16(21)20-8-5-6-14(7-9-20)17(2,3)4/h10-11,14H,5-9H2,1-4H3. The molecule has 0 N–H and O–H groups in total. The summed E-state index contributed by atoms with van der Waals surface area (Å²) in [5.41, 5.74) is 1.75. The summed E-state index contributed by atoms with van der Waals surface area (Å²) in [7, 11) is 0. The number of halogens is 1. The fourth-order valence-electron chi connectivity index (χ4n) is 3.10. The first kappa shape index (κ1) is 16.3. The summed E-state index contributed by atoms with van der Waals surface area (Å²) in [5.74, 6) is 0.759. The number of hydrogen-bond acceptors (Lipinski definition) is 2. The molecule has 4 heteroatoms. The van der Waals surface area contributed by atoms with Crippen LogP contribution in [0.5, 0.6) is 0 Å². The molecule has 1 aliphatic heterocycles. The molecule has 1 atom stereocenters. The number of carbonyl (C=O) groups is 1. The van der Waals surface area contributed by atoms with Crippen LogP contribution >= 0.6 is 11.6 Å². The highest BCUT2D eigenvalue weighted by atomic mass is 35.5. The van der Waals surface area contributed by atoms with Crippen LogP contribution in [0.4, 0.5) is 0 Å². The van der Waals surface area contributed by atoms with E-state index in [1.807, 2.05) is 17.9 Å². The lowest BCUT2D eigenvalue weighted by Gasteiger charge is -2.29. The molecule has 1 unspecified atom stereocenters. The molecular weight excluding hydrogens is 284 g/mol. The van der Waals surface area contributed by atoms with Crippen molar-refractivity contribution in [1.29, 1.82) is 0 Å². The van der Waals surface area contributed by atoms with Crippen molar-refractivity contribution in [2.24, 2.45) is 11.3 Å². The number of amides is 1. The van der Waals surface area contributed by atoms with Crippen molar-refractivity contribution in [2.75, 3.05) is 13.1 Å². The van der Waals surface area contributed by atoms with E-state index in [1.165, 1.54) is 6.42 Å². The highest BCUT2D eigenvalue weighted by Gasteiger charge is 2.28. The monoisotopic (exact) mass is 308 g/mol. The number of likely N-dealkylation sites (tertiary alicyclic amines) is 1. The Kier molecular flexibility index (Phi) is 4.92. The predicted molar refractivity (Wildman–Crippen MR) is 86.7 cm³/mol. The van der Waals surface area contributed by atoms with Crippen LogP contribution in [0, 0.1) is 18.3 Å². The Hall–Kier alpha value is -1.09. The molecular formula is C17H25ClN2O. The van der Waals surface area contributed by atoms with Crippen LogP contribution in [-0.4, -0.2) is 28.9 Å². The molecule has 1 amide bonds. The van der Waals surface area contributed by atoms with Gasteiger partial charge >= 0.3 is 0 Å². The Morgan fingerprint density at radius 2 is 2.00 bits per heavy atom. The van der Waals surface area contributed by atoms with E-state index in [1.54, 1.807) is 6.07 Å². The number of nitrogens with zero attached hydrogens (tertiary/aromatic N) is 2. The third-order valence-electron chi connectivity index (χ3n) is 4.41. The van der Waals surface area contributed by atoms with Crippen LogP contribution in [0.1, 0.15) is 56.1 Å². The average Bonchev–Trinajstić information content (AvgIpc) is 2.61. The molecule has 1 aromatic rings. The molecule has 116 valence electrons. The van der Waals surface area contributed by atoms with Gasteiger partial charge in [0.2, 0.25) is 0 Å². The summed E-state index contributed by atoms with van der Waals surface area (Å²) in [6, 6.07) is 3.49. The van der Waals surface area contributed by atoms with Crippen LogP contribution in [0.3, 0.4) is 0 Å². The van der Waals surface area contributed by atoms with E-state index < -0.39 is 0 Å². The van der Waals surface area contributed by atoms with E-state index in [9.17, 15) is 4.79 Å². The van der Waals surface area contributed by atoms with Crippen LogP contribution in [-0.2, 0) is 0 Å². The van der Waals surface area contributed by atoms with Gasteiger partial charge in [0.15, 0.2) is 0 Å². The van der Waals surface area contributed by atoms with Gasteiger partial charge in [-0.25, -0.2) is 4.98 Å². The van der Waals surface area contributed by atoms with Crippen LogP contribution < -0.4 is 0 Å². The Morgan fingerprint density at radius 1 is 1.29 bits per heavy atom. The number of hydrogen-bond donors (Lipinski definition) is 0. The van der Waals surface area contributed by atoms with Crippen molar-refractivity contribution in [3.8, 4) is 0 Å². The molecule has 1 fully saturated rings. The maximum atomic E-state index is 12.7. The fourth-order valence-corrected chi connectivity index (χ4v) is 3.35. The normalized spacial score (nSPS) is 20.2. The summed E-state index contributed by atoms with van der Waals surface area (Å²) < 4.78 is 0. The zero-order valence-corrected chi connectivity index (χ0v) is 14.2. The number of aryl methyl sites for hydroxylation is 1. The average molecular weight is 309 g/mol. The van der Waals surface area contributed by atoms with Crippen molar-refractivity contribution in [2.45, 2.75) is 47.0 Å². The number of aromatic nitrogens is 1. The third-order valence-corrected chi connectivity index (χ3v) is 4.60. The van der Waals surface area contributed by atoms with Crippen molar-refractivity contribution in [3.05, 3.63) is 28.5 Å². The molecule has 1 saturated heterocycles. The smallest absolute Gasteiger partial charge is 0.254 e. The van der Waals surface area contributed by atoms with Crippen molar-refractivity contribution < 1.29 is 4.79 Å². The summed E-state index contributed by atoms with van der Waals surface area (Å²) in [6.45, 7) is 10.4. The lowest BCUT2D eigenvalue weighted by atomic mass is 9.77. The van der Waals surface area contributed by atoms with Gasteiger partial charge in [-0.15, -0.1) is 0 Å². The van der Waals surface area contributed by atoms with Gasteiger partial charge in [-0.3, -0.25) is 4.79 Å². The minimum Gasteiger partial charge on any atom is -0.339 e. The van der Waals surface area contributed by atoms with Crippen molar-refractivity contribution in [1.82, 2.24) is 9.88 Å². The van der Waals surface area contributed by atoms with E-state index in [4.69, 9.17) is 11.6 Å². The minimum absolute atomic E-state index is 0.0805. The molecule has 0 saturated carbocycles. The second-order valence-corrected chi connectivity index (χ2v) is 7.49. The minimum atomic E-state index is 0.0805. The SMILES string of the molecule is Cc1cc(C(=O)N2CCCC(C(C)(C)C)CC2)cc(Cl)n1. The van der Waals surface area contributed by atoms with Gasteiger partial charge in [-0.05, 0) is 49.7 Å². The summed E-state index contributed by atoms with van der Waals surface area (Å²) in [5, 5.41) is 0.390. The van der Waals surface area contributed by atoms with Crippen molar-refractivity contribution in [3.63, 3.8) is 0 Å².